The first-order valence-corrected chi connectivity index (χ1v) is 22.8. The van der Waals surface area contributed by atoms with Gasteiger partial charge in [-0.1, -0.05) is 41.5 Å². The van der Waals surface area contributed by atoms with Crippen molar-refractivity contribution < 1.29 is 30.0 Å². The van der Waals surface area contributed by atoms with Crippen LogP contribution in [0.2, 0.25) is 17.3 Å². The summed E-state index contributed by atoms with van der Waals surface area (Å²) >= 11 is -1.88. The molecule has 0 saturated carbocycles. The molecular formula is C38H47GeIrN2O2-. The van der Waals surface area contributed by atoms with E-state index < -0.39 is 13.3 Å². The Bertz CT molecular complexity index is 1670. The van der Waals surface area contributed by atoms with Gasteiger partial charge in [-0.15, -0.1) is 0 Å². The Hall–Kier alpha value is -2.78. The van der Waals surface area contributed by atoms with Crippen molar-refractivity contribution in [2.75, 3.05) is 0 Å². The van der Waals surface area contributed by atoms with Gasteiger partial charge in [-0.25, -0.2) is 0 Å². The van der Waals surface area contributed by atoms with Gasteiger partial charge in [0, 0.05) is 37.0 Å². The molecule has 0 aliphatic heterocycles. The number of carbonyl (C=O) groups excluding carboxylic acids is 1. The standard InChI is InChI=1S/C23H19GeN2.C15H28O2.Ir/c1-24(2,3)20-8-9-22-17(14-20)10-11-26-23(22)18-12-16-6-4-5-7-21(16)19(13-18)15-25;1-7-14(5,8-2)12(16)11-13(17)15(6,9-3)10-4;/h4-11,13-14H,1-3H3;11,16H,7-10H2,1-6H3;/q-1;;/b;12-11-;. The molecule has 0 bridgehead atoms. The second-order valence-electron chi connectivity index (χ2n) is 13.0. The quantitative estimate of drug-likeness (QED) is 0.0790. The van der Waals surface area contributed by atoms with Crippen LogP contribution in [0.3, 0.4) is 0 Å². The van der Waals surface area contributed by atoms with E-state index in [1.165, 1.54) is 15.9 Å². The summed E-state index contributed by atoms with van der Waals surface area (Å²) in [5, 5.41) is 23.9. The Labute approximate surface area is 280 Å². The maximum absolute atomic E-state index is 12.2. The molecule has 4 rings (SSSR count). The summed E-state index contributed by atoms with van der Waals surface area (Å²) in [6.07, 6.45) is 6.61. The van der Waals surface area contributed by atoms with E-state index in [9.17, 15) is 15.2 Å². The smallest absolute Gasteiger partial charge is 0 e. The second kappa shape index (κ2) is 15.5. The van der Waals surface area contributed by atoms with Gasteiger partial charge in [0.25, 0.3) is 0 Å². The van der Waals surface area contributed by atoms with E-state index in [2.05, 4.69) is 58.7 Å². The van der Waals surface area contributed by atoms with Crippen LogP contribution < -0.4 is 4.40 Å². The number of aromatic nitrogens is 1. The zero-order chi connectivity index (χ0) is 32.0. The zero-order valence-corrected chi connectivity index (χ0v) is 32.3. The predicted octanol–water partition coefficient (Wildman–Crippen LogP) is 9.92. The minimum Gasteiger partial charge on any atom is 0 e. The molecular weight excluding hydrogens is 781 g/mol. The topological polar surface area (TPSA) is 74.0 Å². The molecule has 235 valence electrons. The largest absolute Gasteiger partial charge is 0 e. The third kappa shape index (κ3) is 8.27. The number of pyridine rings is 1. The Morgan fingerprint density at radius 1 is 0.932 bits per heavy atom. The normalized spacial score (nSPS) is 12.2. The number of allylic oxidation sites excluding steroid dienone is 2. The predicted molar refractivity (Wildman–Crippen MR) is 184 cm³/mol. The molecule has 1 heterocycles. The van der Waals surface area contributed by atoms with Crippen molar-refractivity contribution in [2.24, 2.45) is 10.8 Å². The Morgan fingerprint density at radius 3 is 2.11 bits per heavy atom. The fourth-order valence-corrected chi connectivity index (χ4v) is 7.45. The summed E-state index contributed by atoms with van der Waals surface area (Å²) in [6.45, 7) is 12.1. The molecule has 0 aliphatic rings. The number of hydrogen-bond donors (Lipinski definition) is 1. The van der Waals surface area contributed by atoms with Crippen molar-refractivity contribution in [1.82, 2.24) is 4.98 Å². The minimum absolute atomic E-state index is 0. The molecule has 4 aromatic rings. The molecule has 3 aromatic carbocycles. The third-order valence-corrected chi connectivity index (χ3v) is 13.7. The van der Waals surface area contributed by atoms with Gasteiger partial charge in [0.15, 0.2) is 5.78 Å². The van der Waals surface area contributed by atoms with E-state index in [0.29, 0.717) is 5.56 Å². The van der Waals surface area contributed by atoms with Gasteiger partial charge in [-0.3, -0.25) is 4.79 Å². The van der Waals surface area contributed by atoms with Crippen LogP contribution in [-0.4, -0.2) is 29.1 Å². The zero-order valence-electron chi connectivity index (χ0n) is 27.8. The maximum atomic E-state index is 12.2. The van der Waals surface area contributed by atoms with Gasteiger partial charge in [-0.05, 0) is 25.7 Å². The number of rotatable bonds is 9. The van der Waals surface area contributed by atoms with Gasteiger partial charge >= 0.3 is 156 Å². The van der Waals surface area contributed by atoms with Crippen LogP contribution in [0.4, 0.5) is 0 Å². The summed E-state index contributed by atoms with van der Waals surface area (Å²) in [5.41, 5.74) is 1.82. The first-order valence-electron chi connectivity index (χ1n) is 15.5. The number of aliphatic hydroxyl groups is 1. The van der Waals surface area contributed by atoms with Gasteiger partial charge in [0.1, 0.15) is 5.76 Å². The summed E-state index contributed by atoms with van der Waals surface area (Å²) in [4.78, 5) is 16.8. The number of nitrogens with zero attached hydrogens (tertiary/aromatic N) is 2. The summed E-state index contributed by atoms with van der Waals surface area (Å²) in [7, 11) is 0. The molecule has 4 nitrogen and oxygen atoms in total. The molecule has 1 aromatic heterocycles. The first-order chi connectivity index (χ1) is 20.3. The number of carbonyl (C=O) groups is 1. The van der Waals surface area contributed by atoms with Crippen molar-refractivity contribution in [2.45, 2.75) is 84.5 Å². The van der Waals surface area contributed by atoms with Crippen molar-refractivity contribution in [3.8, 4) is 17.3 Å². The number of hydrogen-bond acceptors (Lipinski definition) is 4. The molecule has 44 heavy (non-hydrogen) atoms. The summed E-state index contributed by atoms with van der Waals surface area (Å²) in [6, 6.07) is 24.4. The molecule has 1 radical (unpaired) electrons. The van der Waals surface area contributed by atoms with Crippen LogP contribution in [0.5, 0.6) is 0 Å². The van der Waals surface area contributed by atoms with Gasteiger partial charge < -0.3 is 5.11 Å². The molecule has 0 amide bonds. The number of fused-ring (bicyclic) bond motifs is 2. The molecule has 1 N–H and O–H groups in total. The van der Waals surface area contributed by atoms with Crippen LogP contribution in [0.25, 0.3) is 32.8 Å². The number of aliphatic hydroxyl groups excluding tert-OH is 1. The fourth-order valence-electron chi connectivity index (χ4n) is 4.99. The molecule has 0 aliphatic carbocycles. The second-order valence-corrected chi connectivity index (χ2v) is 23.7. The fraction of sp³-hybridized carbons (Fsp3) is 0.395. The average Bonchev–Trinajstić information content (AvgIpc) is 3.02. The van der Waals surface area contributed by atoms with Crippen LogP contribution in [-0.2, 0) is 24.9 Å². The number of benzene rings is 3. The van der Waals surface area contributed by atoms with Crippen molar-refractivity contribution >= 4 is 45.0 Å². The van der Waals surface area contributed by atoms with Crippen molar-refractivity contribution in [3.05, 3.63) is 84.3 Å². The summed E-state index contributed by atoms with van der Waals surface area (Å²) in [5.74, 6) is 7.49. The molecule has 0 fully saturated rings. The Morgan fingerprint density at radius 2 is 1.55 bits per heavy atom. The monoisotopic (exact) mass is 830 g/mol. The average molecular weight is 829 g/mol. The first kappa shape index (κ1) is 37.4. The molecule has 0 unspecified atom stereocenters. The number of ketones is 1. The minimum atomic E-state index is -1.88. The SMILES string of the molecule is CCC(C)(CC)C(=O)/C=C(\O)C(C)(CC)CC.[CH3][Ge]([CH3])([CH3])[c]1ccc2c(-c3[c-]c4ccccc4c(C#N)c3)nccc2c1.[Ir]. The Balaban J connectivity index is 0.000000331. The summed E-state index contributed by atoms with van der Waals surface area (Å²) < 4.78 is 1.48. The molecule has 6 heteroatoms. The maximum Gasteiger partial charge on any atom is 0 e. The van der Waals surface area contributed by atoms with Crippen LogP contribution in [0.1, 0.15) is 72.8 Å². The van der Waals surface area contributed by atoms with Gasteiger partial charge in [0.2, 0.25) is 0 Å². The molecule has 0 spiro atoms. The van der Waals surface area contributed by atoms with Gasteiger partial charge in [-0.2, -0.15) is 0 Å². The van der Waals surface area contributed by atoms with E-state index in [0.717, 1.165) is 53.1 Å². The van der Waals surface area contributed by atoms with Gasteiger partial charge in [0.05, 0.1) is 0 Å². The van der Waals surface area contributed by atoms with Crippen LogP contribution in [0.15, 0.2) is 72.6 Å². The molecule has 0 atom stereocenters. The van der Waals surface area contributed by atoms with E-state index in [1.807, 2.05) is 78.1 Å². The number of nitriles is 1. The molecule has 0 saturated heterocycles. The van der Waals surface area contributed by atoms with Crippen molar-refractivity contribution in [3.63, 3.8) is 0 Å². The van der Waals surface area contributed by atoms with E-state index in [1.54, 1.807) is 0 Å². The Kier molecular flexibility index (Phi) is 13.2. The van der Waals surface area contributed by atoms with Crippen LogP contribution >= 0.6 is 0 Å². The van der Waals surface area contributed by atoms with E-state index in [-0.39, 0.29) is 42.5 Å². The van der Waals surface area contributed by atoms with Crippen LogP contribution in [0, 0.1) is 28.2 Å². The third-order valence-electron chi connectivity index (χ3n) is 9.38. The van der Waals surface area contributed by atoms with E-state index in [4.69, 9.17) is 0 Å². The van der Waals surface area contributed by atoms with E-state index >= 15 is 0 Å². The van der Waals surface area contributed by atoms with Crippen molar-refractivity contribution in [1.29, 1.82) is 5.26 Å².